The molecule has 0 bridgehead atoms. The fourth-order valence-electron chi connectivity index (χ4n) is 3.33. The molecule has 1 aromatic carbocycles. The zero-order chi connectivity index (χ0) is 21.3. The van der Waals surface area contributed by atoms with Gasteiger partial charge >= 0.3 is 5.97 Å². The third kappa shape index (κ3) is 10.8. The van der Waals surface area contributed by atoms with E-state index >= 15 is 0 Å². The summed E-state index contributed by atoms with van der Waals surface area (Å²) in [6.45, 7) is 2.75. The predicted molar refractivity (Wildman–Crippen MR) is 117 cm³/mol. The fraction of sp³-hybridized carbons (Fsp3) is 0.708. The number of methoxy groups -OCH3 is 3. The van der Waals surface area contributed by atoms with Crippen molar-refractivity contribution < 1.29 is 23.7 Å². The van der Waals surface area contributed by atoms with Crippen LogP contribution in [0.1, 0.15) is 74.2 Å². The van der Waals surface area contributed by atoms with Gasteiger partial charge in [-0.15, -0.1) is 0 Å². The summed E-state index contributed by atoms with van der Waals surface area (Å²) in [6, 6.07) is 7.73. The molecule has 5 nitrogen and oxygen atoms in total. The van der Waals surface area contributed by atoms with Gasteiger partial charge in [-0.2, -0.15) is 0 Å². The molecule has 0 aromatic heterocycles. The minimum atomic E-state index is -0.370. The van der Waals surface area contributed by atoms with Crippen molar-refractivity contribution in [2.45, 2.75) is 76.9 Å². The number of benzene rings is 1. The Morgan fingerprint density at radius 2 is 1.34 bits per heavy atom. The second-order valence-corrected chi connectivity index (χ2v) is 7.52. The van der Waals surface area contributed by atoms with Crippen LogP contribution in [0.15, 0.2) is 24.3 Å². The standard InChI is InChI=1S/C24H40O5/c1-5-6-7-8-9-10-11-12-13-20-14-16-21(17-15-20)24(25)29-19-23(28-4)22(27-3)18-26-2/h14-17,22-23H,5-13,18-19H2,1-4H3. The van der Waals surface area contributed by atoms with Crippen molar-refractivity contribution in [3.63, 3.8) is 0 Å². The lowest BCUT2D eigenvalue weighted by Crippen LogP contribution is -2.38. The van der Waals surface area contributed by atoms with Gasteiger partial charge in [0.2, 0.25) is 0 Å². The third-order valence-corrected chi connectivity index (χ3v) is 5.24. The van der Waals surface area contributed by atoms with Crippen LogP contribution in [0.2, 0.25) is 0 Å². The molecule has 2 unspecified atom stereocenters. The summed E-state index contributed by atoms with van der Waals surface area (Å²) in [7, 11) is 4.75. The zero-order valence-electron chi connectivity index (χ0n) is 18.8. The number of esters is 1. The van der Waals surface area contributed by atoms with Crippen molar-refractivity contribution >= 4 is 5.97 Å². The van der Waals surface area contributed by atoms with Crippen LogP contribution in [-0.2, 0) is 25.4 Å². The SMILES string of the molecule is CCCCCCCCCCc1ccc(C(=O)OCC(OC)C(COC)OC)cc1. The number of ether oxygens (including phenoxy) is 4. The first-order chi connectivity index (χ1) is 14.2. The van der Waals surface area contributed by atoms with Gasteiger partial charge in [0.25, 0.3) is 0 Å². The van der Waals surface area contributed by atoms with Crippen LogP contribution in [0.4, 0.5) is 0 Å². The van der Waals surface area contributed by atoms with Crippen LogP contribution >= 0.6 is 0 Å². The Hall–Kier alpha value is -1.43. The Bertz CT molecular complexity index is 529. The normalized spacial score (nSPS) is 13.2. The van der Waals surface area contributed by atoms with Gasteiger partial charge in [0.1, 0.15) is 18.8 Å². The lowest BCUT2D eigenvalue weighted by Gasteiger charge is -2.23. The van der Waals surface area contributed by atoms with Crippen molar-refractivity contribution in [3.8, 4) is 0 Å². The number of unbranched alkanes of at least 4 members (excludes halogenated alkanes) is 7. The highest BCUT2D eigenvalue weighted by Gasteiger charge is 2.23. The van der Waals surface area contributed by atoms with Gasteiger partial charge < -0.3 is 18.9 Å². The lowest BCUT2D eigenvalue weighted by molar-refractivity contribution is -0.0886. The molecule has 0 saturated carbocycles. The average molecular weight is 409 g/mol. The molecule has 1 rings (SSSR count). The maximum absolute atomic E-state index is 12.3. The summed E-state index contributed by atoms with van der Waals surface area (Å²) in [5, 5.41) is 0. The Morgan fingerprint density at radius 1 is 0.793 bits per heavy atom. The van der Waals surface area contributed by atoms with Crippen LogP contribution in [0.5, 0.6) is 0 Å². The summed E-state index contributed by atoms with van der Waals surface area (Å²) in [5.74, 6) is -0.349. The second kappa shape index (κ2) is 16.4. The van der Waals surface area contributed by atoms with Crippen LogP contribution < -0.4 is 0 Å². The first kappa shape index (κ1) is 25.6. The van der Waals surface area contributed by atoms with E-state index in [9.17, 15) is 4.79 Å². The minimum Gasteiger partial charge on any atom is -0.459 e. The van der Waals surface area contributed by atoms with Crippen molar-refractivity contribution in [1.82, 2.24) is 0 Å². The van der Waals surface area contributed by atoms with Gasteiger partial charge in [0.15, 0.2) is 0 Å². The molecule has 0 radical (unpaired) electrons. The number of carbonyl (C=O) groups excluding carboxylic acids is 1. The third-order valence-electron chi connectivity index (χ3n) is 5.24. The second-order valence-electron chi connectivity index (χ2n) is 7.52. The van der Waals surface area contributed by atoms with Crippen molar-refractivity contribution in [2.75, 3.05) is 34.5 Å². The maximum atomic E-state index is 12.3. The maximum Gasteiger partial charge on any atom is 0.338 e. The molecule has 5 heteroatoms. The van der Waals surface area contributed by atoms with Crippen molar-refractivity contribution in [2.24, 2.45) is 0 Å². The molecule has 0 aliphatic heterocycles. The smallest absolute Gasteiger partial charge is 0.338 e. The topological polar surface area (TPSA) is 54.0 Å². The number of carbonyl (C=O) groups is 1. The van der Waals surface area contributed by atoms with E-state index in [-0.39, 0.29) is 24.8 Å². The molecule has 0 N–H and O–H groups in total. The van der Waals surface area contributed by atoms with E-state index in [4.69, 9.17) is 18.9 Å². The quantitative estimate of drug-likeness (QED) is 0.262. The predicted octanol–water partition coefficient (Wildman–Crippen LogP) is 5.20. The highest BCUT2D eigenvalue weighted by atomic mass is 16.6. The average Bonchev–Trinajstić information content (AvgIpc) is 2.75. The monoisotopic (exact) mass is 408 g/mol. The number of hydrogen-bond acceptors (Lipinski definition) is 5. The molecule has 0 aliphatic carbocycles. The van der Waals surface area contributed by atoms with E-state index in [0.29, 0.717) is 12.2 Å². The van der Waals surface area contributed by atoms with E-state index in [1.807, 2.05) is 24.3 Å². The van der Waals surface area contributed by atoms with Gasteiger partial charge in [-0.1, -0.05) is 64.0 Å². The summed E-state index contributed by atoms with van der Waals surface area (Å²) in [4.78, 5) is 12.3. The summed E-state index contributed by atoms with van der Waals surface area (Å²) in [6.07, 6.45) is 10.9. The Balaban J connectivity index is 2.32. The van der Waals surface area contributed by atoms with E-state index in [1.165, 1.54) is 56.9 Å². The van der Waals surface area contributed by atoms with Gasteiger partial charge in [0.05, 0.1) is 12.2 Å². The number of hydrogen-bond donors (Lipinski definition) is 0. The molecule has 0 amide bonds. The number of rotatable bonds is 17. The van der Waals surface area contributed by atoms with Crippen molar-refractivity contribution in [3.05, 3.63) is 35.4 Å². The largest absolute Gasteiger partial charge is 0.459 e. The summed E-state index contributed by atoms with van der Waals surface area (Å²) < 4.78 is 21.2. The van der Waals surface area contributed by atoms with Gasteiger partial charge in [0, 0.05) is 21.3 Å². The molecular weight excluding hydrogens is 368 g/mol. The van der Waals surface area contributed by atoms with Crippen molar-refractivity contribution in [1.29, 1.82) is 0 Å². The first-order valence-corrected chi connectivity index (χ1v) is 11.0. The molecular formula is C24H40O5. The molecule has 0 fully saturated rings. The van der Waals surface area contributed by atoms with Gasteiger partial charge in [-0.25, -0.2) is 4.79 Å². The van der Waals surface area contributed by atoms with Crippen LogP contribution in [0.3, 0.4) is 0 Å². The highest BCUT2D eigenvalue weighted by Crippen LogP contribution is 2.13. The zero-order valence-corrected chi connectivity index (χ0v) is 18.8. The van der Waals surface area contributed by atoms with Gasteiger partial charge in [-0.05, 0) is 30.5 Å². The summed E-state index contributed by atoms with van der Waals surface area (Å²) in [5.41, 5.74) is 1.82. The molecule has 0 heterocycles. The molecule has 0 aliphatic rings. The lowest BCUT2D eigenvalue weighted by atomic mass is 10.0. The van der Waals surface area contributed by atoms with E-state index < -0.39 is 0 Å². The summed E-state index contributed by atoms with van der Waals surface area (Å²) >= 11 is 0. The Kier molecular flexibility index (Phi) is 14.5. The molecule has 0 spiro atoms. The first-order valence-electron chi connectivity index (χ1n) is 11.0. The van der Waals surface area contributed by atoms with E-state index in [0.717, 1.165) is 6.42 Å². The van der Waals surface area contributed by atoms with E-state index in [2.05, 4.69) is 6.92 Å². The molecule has 2 atom stereocenters. The molecule has 0 saturated heterocycles. The Labute approximate surface area is 177 Å². The highest BCUT2D eigenvalue weighted by molar-refractivity contribution is 5.89. The van der Waals surface area contributed by atoms with Crippen LogP contribution in [0.25, 0.3) is 0 Å². The van der Waals surface area contributed by atoms with Crippen LogP contribution in [0, 0.1) is 0 Å². The molecule has 1 aromatic rings. The van der Waals surface area contributed by atoms with Gasteiger partial charge in [-0.3, -0.25) is 0 Å². The molecule has 166 valence electrons. The number of aryl methyl sites for hydroxylation is 1. The minimum absolute atomic E-state index is 0.122. The van der Waals surface area contributed by atoms with E-state index in [1.54, 1.807) is 21.3 Å². The molecule has 29 heavy (non-hydrogen) atoms. The fourth-order valence-corrected chi connectivity index (χ4v) is 3.33. The van der Waals surface area contributed by atoms with Crippen LogP contribution in [-0.4, -0.2) is 52.7 Å². The Morgan fingerprint density at radius 3 is 1.90 bits per heavy atom.